The van der Waals surface area contributed by atoms with Crippen molar-refractivity contribution in [3.05, 3.63) is 88.9 Å². The van der Waals surface area contributed by atoms with Gasteiger partial charge in [-0.15, -0.1) is 0 Å². The highest BCUT2D eigenvalue weighted by molar-refractivity contribution is 7.92. The molecule has 2 amide bonds. The number of aryl methyl sites for hydroxylation is 1. The summed E-state index contributed by atoms with van der Waals surface area (Å²) >= 11 is 6.02. The van der Waals surface area contributed by atoms with Crippen molar-refractivity contribution in [3.63, 3.8) is 0 Å². The zero-order valence-electron chi connectivity index (χ0n) is 24.1. The Labute approximate surface area is 248 Å². The van der Waals surface area contributed by atoms with Crippen LogP contribution in [-0.2, 0) is 26.2 Å². The molecule has 10 heteroatoms. The van der Waals surface area contributed by atoms with Crippen LogP contribution >= 0.6 is 11.6 Å². The van der Waals surface area contributed by atoms with Gasteiger partial charge in [-0.3, -0.25) is 13.9 Å². The number of benzene rings is 3. The van der Waals surface area contributed by atoms with E-state index in [2.05, 4.69) is 5.32 Å². The average molecular weight is 600 g/mol. The van der Waals surface area contributed by atoms with Crippen molar-refractivity contribution in [2.24, 2.45) is 0 Å². The van der Waals surface area contributed by atoms with Gasteiger partial charge in [-0.1, -0.05) is 60.5 Å². The van der Waals surface area contributed by atoms with Crippen LogP contribution in [0.2, 0.25) is 5.02 Å². The van der Waals surface area contributed by atoms with Gasteiger partial charge in [0.25, 0.3) is 10.0 Å². The lowest BCUT2D eigenvalue weighted by Crippen LogP contribution is -2.52. The number of halogens is 1. The molecule has 0 spiro atoms. The second kappa shape index (κ2) is 14.4. The molecule has 0 saturated heterocycles. The lowest BCUT2D eigenvalue weighted by Gasteiger charge is -2.33. The van der Waals surface area contributed by atoms with Crippen molar-refractivity contribution in [2.75, 3.05) is 17.5 Å². The highest BCUT2D eigenvalue weighted by Crippen LogP contribution is 2.33. The molecule has 8 nitrogen and oxygen atoms in total. The first-order chi connectivity index (χ1) is 19.5. The van der Waals surface area contributed by atoms with E-state index < -0.39 is 28.5 Å². The van der Waals surface area contributed by atoms with Gasteiger partial charge in [0.1, 0.15) is 18.3 Å². The molecular weight excluding hydrogens is 562 g/mol. The Bertz CT molecular complexity index is 1430. The lowest BCUT2D eigenvalue weighted by molar-refractivity contribution is -0.139. The molecule has 0 heterocycles. The number of rotatable bonds is 13. The summed E-state index contributed by atoms with van der Waals surface area (Å²) in [6, 6.07) is 19.1. The van der Waals surface area contributed by atoms with Gasteiger partial charge in [0.05, 0.1) is 17.2 Å². The summed E-state index contributed by atoms with van der Waals surface area (Å²) in [5.74, 6) is -0.546. The van der Waals surface area contributed by atoms with E-state index in [0.29, 0.717) is 17.4 Å². The minimum absolute atomic E-state index is 0.0337. The number of para-hydroxylation sites is 2. The summed E-state index contributed by atoms with van der Waals surface area (Å²) in [6.45, 7) is 9.12. The standard InChI is InChI=1S/C31H38ClN3O5S/c1-6-23(4)33-31(37)24(5)34(20-25-14-12-22(3)13-15-25)30(36)21-35(28-10-8-9-11-29(28)40-7-2)41(38,39)27-18-16-26(32)17-19-27/h8-19,23-24H,6-7,20-21H2,1-5H3,(H,33,37)/t23-,24+/m0/s1. The quantitative estimate of drug-likeness (QED) is 0.277. The van der Waals surface area contributed by atoms with Gasteiger partial charge >= 0.3 is 0 Å². The van der Waals surface area contributed by atoms with Crippen LogP contribution in [0.1, 0.15) is 45.2 Å². The molecule has 0 unspecified atom stereocenters. The molecule has 0 bridgehead atoms. The maximum atomic E-state index is 14.1. The average Bonchev–Trinajstić information content (AvgIpc) is 2.95. The number of amides is 2. The second-order valence-electron chi connectivity index (χ2n) is 9.87. The molecule has 3 aromatic carbocycles. The third-order valence-electron chi connectivity index (χ3n) is 6.76. The Morgan fingerprint density at radius 2 is 1.59 bits per heavy atom. The first kappa shape index (κ1) is 32.0. The zero-order chi connectivity index (χ0) is 30.2. The third kappa shape index (κ3) is 8.24. The topological polar surface area (TPSA) is 96.0 Å². The SMILES string of the molecule is CCOc1ccccc1N(CC(=O)N(Cc1ccc(C)cc1)[C@H](C)C(=O)N[C@@H](C)CC)S(=O)(=O)c1ccc(Cl)cc1. The molecule has 0 aromatic heterocycles. The molecule has 3 aromatic rings. The van der Waals surface area contributed by atoms with Crippen molar-refractivity contribution in [2.45, 2.75) is 64.6 Å². The third-order valence-corrected chi connectivity index (χ3v) is 8.78. The number of ether oxygens (including phenoxy) is 1. The number of sulfonamides is 1. The Balaban J connectivity index is 2.07. The molecule has 3 rings (SSSR count). The second-order valence-corrected chi connectivity index (χ2v) is 12.2. The fraction of sp³-hybridized carbons (Fsp3) is 0.355. The zero-order valence-corrected chi connectivity index (χ0v) is 25.7. The van der Waals surface area contributed by atoms with Crippen LogP contribution in [0.15, 0.2) is 77.7 Å². The van der Waals surface area contributed by atoms with Gasteiger partial charge in [0.15, 0.2) is 0 Å². The minimum atomic E-state index is -4.24. The van der Waals surface area contributed by atoms with E-state index in [1.165, 1.54) is 29.2 Å². The van der Waals surface area contributed by atoms with E-state index in [-0.39, 0.29) is 29.1 Å². The van der Waals surface area contributed by atoms with E-state index in [1.807, 2.05) is 45.0 Å². The molecule has 41 heavy (non-hydrogen) atoms. The van der Waals surface area contributed by atoms with Crippen molar-refractivity contribution in [1.82, 2.24) is 10.2 Å². The van der Waals surface area contributed by atoms with Gasteiger partial charge in [0.2, 0.25) is 11.8 Å². The number of nitrogens with zero attached hydrogens (tertiary/aromatic N) is 2. The molecule has 0 radical (unpaired) electrons. The first-order valence-corrected chi connectivity index (χ1v) is 15.4. The van der Waals surface area contributed by atoms with E-state index in [4.69, 9.17) is 16.3 Å². The molecule has 220 valence electrons. The monoisotopic (exact) mass is 599 g/mol. The maximum absolute atomic E-state index is 14.1. The van der Waals surface area contributed by atoms with Crippen LogP contribution in [0, 0.1) is 6.92 Å². The summed E-state index contributed by atoms with van der Waals surface area (Å²) < 4.78 is 34.8. The van der Waals surface area contributed by atoms with Crippen LogP contribution in [0.4, 0.5) is 5.69 Å². The molecule has 0 aliphatic heterocycles. The largest absolute Gasteiger partial charge is 0.492 e. The highest BCUT2D eigenvalue weighted by atomic mass is 35.5. The number of hydrogen-bond donors (Lipinski definition) is 1. The van der Waals surface area contributed by atoms with E-state index in [9.17, 15) is 18.0 Å². The Morgan fingerprint density at radius 3 is 2.20 bits per heavy atom. The van der Waals surface area contributed by atoms with Gasteiger partial charge in [-0.2, -0.15) is 0 Å². The van der Waals surface area contributed by atoms with E-state index in [1.54, 1.807) is 38.1 Å². The number of anilines is 1. The van der Waals surface area contributed by atoms with Crippen molar-refractivity contribution >= 4 is 39.1 Å². The fourth-order valence-corrected chi connectivity index (χ4v) is 5.68. The summed E-state index contributed by atoms with van der Waals surface area (Å²) in [4.78, 5) is 28.6. The van der Waals surface area contributed by atoms with Crippen LogP contribution in [0.3, 0.4) is 0 Å². The molecule has 2 atom stereocenters. The number of hydrogen-bond acceptors (Lipinski definition) is 5. The van der Waals surface area contributed by atoms with Gasteiger partial charge in [0, 0.05) is 17.6 Å². The summed E-state index contributed by atoms with van der Waals surface area (Å²) in [5, 5.41) is 3.32. The predicted molar refractivity (Wildman–Crippen MR) is 163 cm³/mol. The van der Waals surface area contributed by atoms with Crippen molar-refractivity contribution < 1.29 is 22.7 Å². The van der Waals surface area contributed by atoms with Crippen LogP contribution in [-0.4, -0.2) is 50.4 Å². The van der Waals surface area contributed by atoms with E-state index >= 15 is 0 Å². The van der Waals surface area contributed by atoms with E-state index in [0.717, 1.165) is 21.9 Å². The molecule has 0 aliphatic carbocycles. The number of carbonyl (C=O) groups is 2. The molecule has 0 fully saturated rings. The van der Waals surface area contributed by atoms with Gasteiger partial charge in [-0.05, 0) is 76.1 Å². The maximum Gasteiger partial charge on any atom is 0.264 e. The summed E-state index contributed by atoms with van der Waals surface area (Å²) in [5.41, 5.74) is 2.08. The molecule has 0 saturated carbocycles. The number of carbonyl (C=O) groups excluding carboxylic acids is 2. The van der Waals surface area contributed by atoms with Crippen LogP contribution in [0.5, 0.6) is 5.75 Å². The van der Waals surface area contributed by atoms with Crippen molar-refractivity contribution in [1.29, 1.82) is 0 Å². The smallest absolute Gasteiger partial charge is 0.264 e. The van der Waals surface area contributed by atoms with Gasteiger partial charge in [-0.25, -0.2) is 8.42 Å². The lowest BCUT2D eigenvalue weighted by atomic mass is 10.1. The molecular formula is C31H38ClN3O5S. The summed E-state index contributed by atoms with van der Waals surface area (Å²) in [6.07, 6.45) is 0.728. The highest BCUT2D eigenvalue weighted by Gasteiger charge is 2.34. The minimum Gasteiger partial charge on any atom is -0.492 e. The first-order valence-electron chi connectivity index (χ1n) is 13.6. The Hall–Kier alpha value is -3.56. The summed E-state index contributed by atoms with van der Waals surface area (Å²) in [7, 11) is -4.24. The normalized spacial score (nSPS) is 12.7. The number of nitrogens with one attached hydrogen (secondary N) is 1. The molecule has 1 N–H and O–H groups in total. The predicted octanol–water partition coefficient (Wildman–Crippen LogP) is 5.57. The molecule has 0 aliphatic rings. The fourth-order valence-electron chi connectivity index (χ4n) is 4.13. The van der Waals surface area contributed by atoms with Crippen LogP contribution in [0.25, 0.3) is 0 Å². The van der Waals surface area contributed by atoms with Crippen LogP contribution < -0.4 is 14.4 Å². The Kier molecular flexibility index (Phi) is 11.2. The van der Waals surface area contributed by atoms with Crippen molar-refractivity contribution in [3.8, 4) is 5.75 Å². The van der Waals surface area contributed by atoms with Gasteiger partial charge < -0.3 is 15.0 Å². The Morgan fingerprint density at radius 1 is 0.951 bits per heavy atom.